The standard InChI is InChI=1S/C21H30N4O2/c1-15(2)12-24-13-17-18(14-24)21(23(3)20(17)27)6-9-25(10-7-21)19(26)16-5-4-8-22-11-16/h4-5,8,11,15,17-18H,6-7,9-10,12-14H2,1-3H3/t17-,18+/m1/s1. The molecule has 6 nitrogen and oxygen atoms in total. The van der Waals surface area contributed by atoms with Crippen molar-refractivity contribution in [1.29, 1.82) is 0 Å². The minimum Gasteiger partial charge on any atom is -0.339 e. The van der Waals surface area contributed by atoms with Crippen LogP contribution in [0.25, 0.3) is 0 Å². The molecule has 0 bridgehead atoms. The molecule has 4 heterocycles. The number of rotatable bonds is 3. The van der Waals surface area contributed by atoms with Gasteiger partial charge in [0, 0.05) is 58.1 Å². The summed E-state index contributed by atoms with van der Waals surface area (Å²) in [4.78, 5) is 36.2. The van der Waals surface area contributed by atoms with Crippen molar-refractivity contribution in [3.63, 3.8) is 0 Å². The smallest absolute Gasteiger partial charge is 0.255 e. The Kier molecular flexibility index (Phi) is 4.70. The summed E-state index contributed by atoms with van der Waals surface area (Å²) < 4.78 is 0. The molecule has 3 fully saturated rings. The third kappa shape index (κ3) is 3.04. The quantitative estimate of drug-likeness (QED) is 0.813. The maximum atomic E-state index is 12.9. The summed E-state index contributed by atoms with van der Waals surface area (Å²) in [6.45, 7) is 8.85. The van der Waals surface area contributed by atoms with E-state index in [1.807, 2.05) is 22.9 Å². The zero-order valence-corrected chi connectivity index (χ0v) is 16.6. The van der Waals surface area contributed by atoms with Crippen LogP contribution in [0.3, 0.4) is 0 Å². The highest BCUT2D eigenvalue weighted by molar-refractivity contribution is 5.94. The number of aromatic nitrogens is 1. The second-order valence-electron chi connectivity index (χ2n) is 8.86. The fourth-order valence-electron chi connectivity index (χ4n) is 5.54. The van der Waals surface area contributed by atoms with E-state index in [4.69, 9.17) is 0 Å². The van der Waals surface area contributed by atoms with Gasteiger partial charge < -0.3 is 14.7 Å². The van der Waals surface area contributed by atoms with Crippen LogP contribution in [0.1, 0.15) is 37.0 Å². The lowest BCUT2D eigenvalue weighted by Gasteiger charge is -2.46. The molecule has 3 saturated heterocycles. The zero-order valence-electron chi connectivity index (χ0n) is 16.6. The van der Waals surface area contributed by atoms with E-state index in [0.717, 1.165) is 32.5 Å². The van der Waals surface area contributed by atoms with E-state index in [9.17, 15) is 9.59 Å². The van der Waals surface area contributed by atoms with Gasteiger partial charge in [-0.25, -0.2) is 0 Å². The number of hydrogen-bond acceptors (Lipinski definition) is 4. The van der Waals surface area contributed by atoms with Crippen LogP contribution in [0.15, 0.2) is 24.5 Å². The Morgan fingerprint density at radius 1 is 1.30 bits per heavy atom. The van der Waals surface area contributed by atoms with Crippen molar-refractivity contribution in [2.45, 2.75) is 32.2 Å². The summed E-state index contributed by atoms with van der Waals surface area (Å²) in [5.74, 6) is 1.50. The Balaban J connectivity index is 1.48. The van der Waals surface area contributed by atoms with Gasteiger partial charge in [-0.05, 0) is 30.9 Å². The molecule has 3 aliphatic heterocycles. The topological polar surface area (TPSA) is 56.8 Å². The van der Waals surface area contributed by atoms with Crippen LogP contribution in [0.2, 0.25) is 0 Å². The van der Waals surface area contributed by atoms with E-state index in [0.29, 0.717) is 36.4 Å². The summed E-state index contributed by atoms with van der Waals surface area (Å²) in [5, 5.41) is 0. The minimum atomic E-state index is -0.0841. The Labute approximate surface area is 161 Å². The summed E-state index contributed by atoms with van der Waals surface area (Å²) in [6, 6.07) is 3.62. The van der Waals surface area contributed by atoms with E-state index < -0.39 is 0 Å². The monoisotopic (exact) mass is 370 g/mol. The maximum Gasteiger partial charge on any atom is 0.255 e. The molecule has 0 saturated carbocycles. The molecule has 4 rings (SSSR count). The first-order chi connectivity index (χ1) is 12.9. The van der Waals surface area contributed by atoms with E-state index in [-0.39, 0.29) is 17.4 Å². The number of amides is 2. The van der Waals surface area contributed by atoms with Gasteiger partial charge in [0.1, 0.15) is 0 Å². The fourth-order valence-corrected chi connectivity index (χ4v) is 5.54. The van der Waals surface area contributed by atoms with E-state index >= 15 is 0 Å². The number of likely N-dealkylation sites (tertiary alicyclic amines) is 3. The third-order valence-corrected chi connectivity index (χ3v) is 6.85. The van der Waals surface area contributed by atoms with Gasteiger partial charge in [-0.15, -0.1) is 0 Å². The first-order valence-electron chi connectivity index (χ1n) is 10.1. The summed E-state index contributed by atoms with van der Waals surface area (Å²) in [5.41, 5.74) is 0.560. The summed E-state index contributed by atoms with van der Waals surface area (Å²) >= 11 is 0. The van der Waals surface area contributed by atoms with E-state index in [1.54, 1.807) is 18.5 Å². The van der Waals surface area contributed by atoms with Gasteiger partial charge in [0.25, 0.3) is 5.91 Å². The Morgan fingerprint density at radius 3 is 2.67 bits per heavy atom. The first-order valence-corrected chi connectivity index (χ1v) is 10.1. The normalized spacial score (nSPS) is 27.6. The Bertz CT molecular complexity index is 712. The van der Waals surface area contributed by atoms with Crippen LogP contribution >= 0.6 is 0 Å². The van der Waals surface area contributed by atoms with Gasteiger partial charge in [-0.2, -0.15) is 0 Å². The highest BCUT2D eigenvalue weighted by Gasteiger charge is 2.60. The van der Waals surface area contributed by atoms with Crippen LogP contribution < -0.4 is 0 Å². The lowest BCUT2D eigenvalue weighted by Crippen LogP contribution is -2.56. The van der Waals surface area contributed by atoms with Gasteiger partial charge in [0.15, 0.2) is 0 Å². The number of piperidine rings is 1. The molecule has 0 unspecified atom stereocenters. The van der Waals surface area contributed by atoms with E-state index in [2.05, 4.69) is 23.7 Å². The van der Waals surface area contributed by atoms with Gasteiger partial charge in [-0.1, -0.05) is 13.8 Å². The van der Waals surface area contributed by atoms with Crippen LogP contribution in [0, 0.1) is 17.8 Å². The highest BCUT2D eigenvalue weighted by atomic mass is 16.2. The second kappa shape index (κ2) is 6.89. The average Bonchev–Trinajstić information content (AvgIpc) is 3.16. The number of carbonyl (C=O) groups excluding carboxylic acids is 2. The van der Waals surface area contributed by atoms with Crippen molar-refractivity contribution in [2.24, 2.45) is 17.8 Å². The van der Waals surface area contributed by atoms with Crippen LogP contribution in [0.5, 0.6) is 0 Å². The average molecular weight is 370 g/mol. The highest BCUT2D eigenvalue weighted by Crippen LogP contribution is 2.49. The largest absolute Gasteiger partial charge is 0.339 e. The molecule has 2 amide bonds. The van der Waals surface area contributed by atoms with Gasteiger partial charge in [0.05, 0.1) is 17.0 Å². The molecular weight excluding hydrogens is 340 g/mol. The van der Waals surface area contributed by atoms with Crippen molar-refractivity contribution in [1.82, 2.24) is 19.7 Å². The van der Waals surface area contributed by atoms with Gasteiger partial charge >= 0.3 is 0 Å². The molecule has 1 spiro atoms. The molecule has 3 aliphatic rings. The van der Waals surface area contributed by atoms with Crippen molar-refractivity contribution in [3.8, 4) is 0 Å². The predicted octanol–water partition coefficient (Wildman–Crippen LogP) is 1.73. The lowest BCUT2D eigenvalue weighted by molar-refractivity contribution is -0.133. The lowest BCUT2D eigenvalue weighted by atomic mass is 9.75. The van der Waals surface area contributed by atoms with Crippen LogP contribution in [-0.4, -0.2) is 76.8 Å². The molecule has 146 valence electrons. The van der Waals surface area contributed by atoms with Crippen molar-refractivity contribution < 1.29 is 9.59 Å². The SMILES string of the molecule is CC(C)CN1C[C@H]2C(=O)N(C)C3(CCN(C(=O)c4cccnc4)CC3)[C@H]2C1. The van der Waals surface area contributed by atoms with Crippen LogP contribution in [0.4, 0.5) is 0 Å². The van der Waals surface area contributed by atoms with Gasteiger partial charge in [0.2, 0.25) is 5.91 Å². The maximum absolute atomic E-state index is 12.9. The summed E-state index contributed by atoms with van der Waals surface area (Å²) in [7, 11) is 1.98. The van der Waals surface area contributed by atoms with Gasteiger partial charge in [-0.3, -0.25) is 14.6 Å². The molecule has 0 aliphatic carbocycles. The number of nitrogens with zero attached hydrogens (tertiary/aromatic N) is 4. The third-order valence-electron chi connectivity index (χ3n) is 6.85. The molecule has 6 heteroatoms. The molecule has 2 atom stereocenters. The number of fused-ring (bicyclic) bond motifs is 2. The molecule has 1 aromatic rings. The predicted molar refractivity (Wildman–Crippen MR) is 103 cm³/mol. The molecule has 0 aromatic carbocycles. The Morgan fingerprint density at radius 2 is 2.04 bits per heavy atom. The molecule has 0 radical (unpaired) electrons. The van der Waals surface area contributed by atoms with Crippen molar-refractivity contribution >= 4 is 11.8 Å². The summed E-state index contributed by atoms with van der Waals surface area (Å²) in [6.07, 6.45) is 5.06. The van der Waals surface area contributed by atoms with E-state index in [1.165, 1.54) is 0 Å². The minimum absolute atomic E-state index is 0.0503. The number of carbonyl (C=O) groups is 2. The van der Waals surface area contributed by atoms with Crippen LogP contribution in [-0.2, 0) is 4.79 Å². The number of hydrogen-bond donors (Lipinski definition) is 0. The van der Waals surface area contributed by atoms with Crippen molar-refractivity contribution in [2.75, 3.05) is 39.8 Å². The van der Waals surface area contributed by atoms with Crippen molar-refractivity contribution in [3.05, 3.63) is 30.1 Å². The Hall–Kier alpha value is -1.95. The zero-order chi connectivity index (χ0) is 19.2. The first kappa shape index (κ1) is 18.4. The fraction of sp³-hybridized carbons (Fsp3) is 0.667. The molecule has 1 aromatic heterocycles. The number of pyridine rings is 1. The molecular formula is C21H30N4O2. The molecule has 0 N–H and O–H groups in total. The second-order valence-corrected chi connectivity index (χ2v) is 8.86. The molecule has 27 heavy (non-hydrogen) atoms.